The number of amides is 1. The van der Waals surface area contributed by atoms with E-state index in [9.17, 15) is 4.79 Å². The molecular formula is C20H33N5O. The maximum atomic E-state index is 12.6. The third-order valence-corrected chi connectivity index (χ3v) is 6.02. The minimum atomic E-state index is 0.0407. The van der Waals surface area contributed by atoms with Crippen molar-refractivity contribution in [3.05, 3.63) is 17.6 Å². The molecule has 2 fully saturated rings. The van der Waals surface area contributed by atoms with Crippen molar-refractivity contribution in [2.75, 3.05) is 24.5 Å². The molecule has 144 valence electrons. The van der Waals surface area contributed by atoms with Gasteiger partial charge in [-0.25, -0.2) is 9.97 Å². The highest BCUT2D eigenvalue weighted by atomic mass is 16.1. The minimum absolute atomic E-state index is 0.0407. The molecule has 26 heavy (non-hydrogen) atoms. The van der Waals surface area contributed by atoms with Crippen LogP contribution in [0.25, 0.3) is 0 Å². The number of nitrogens with two attached hydrogens (primary N) is 1. The van der Waals surface area contributed by atoms with E-state index in [-0.39, 0.29) is 17.4 Å². The van der Waals surface area contributed by atoms with Gasteiger partial charge in [0.2, 0.25) is 5.91 Å². The number of aryl methyl sites for hydroxylation is 2. The molecule has 2 aliphatic rings. The standard InChI is InChI=1S/C20H33N5O/c1-15-12-18(23-16(2)22-15)25-10-6-17(7-11-25)24-19(26)13-20(14-21)8-4-3-5-9-20/h12,17H,3-11,13-14,21H2,1-2H3,(H,24,26). The summed E-state index contributed by atoms with van der Waals surface area (Å²) in [4.78, 5) is 23.8. The fourth-order valence-corrected chi connectivity index (χ4v) is 4.49. The number of carbonyl (C=O) groups excluding carboxylic acids is 1. The molecule has 1 aliphatic carbocycles. The zero-order chi connectivity index (χ0) is 18.6. The molecule has 0 radical (unpaired) electrons. The van der Waals surface area contributed by atoms with Crippen LogP contribution in [-0.2, 0) is 4.79 Å². The Hall–Kier alpha value is -1.69. The number of hydrogen-bond donors (Lipinski definition) is 2. The first-order valence-corrected chi connectivity index (χ1v) is 10.1. The van der Waals surface area contributed by atoms with Crippen molar-refractivity contribution in [3.63, 3.8) is 0 Å². The van der Waals surface area contributed by atoms with Gasteiger partial charge in [0.25, 0.3) is 0 Å². The predicted molar refractivity (Wildman–Crippen MR) is 104 cm³/mol. The van der Waals surface area contributed by atoms with Gasteiger partial charge in [0.1, 0.15) is 11.6 Å². The summed E-state index contributed by atoms with van der Waals surface area (Å²) in [6.07, 6.45) is 8.41. The largest absolute Gasteiger partial charge is 0.356 e. The van der Waals surface area contributed by atoms with Crippen LogP contribution in [0.5, 0.6) is 0 Å². The number of anilines is 1. The number of hydrogen-bond acceptors (Lipinski definition) is 5. The van der Waals surface area contributed by atoms with Gasteiger partial charge < -0.3 is 16.0 Å². The maximum absolute atomic E-state index is 12.6. The lowest BCUT2D eigenvalue weighted by Gasteiger charge is -2.37. The SMILES string of the molecule is Cc1cc(N2CCC(NC(=O)CC3(CN)CCCCC3)CC2)nc(C)n1. The molecule has 6 heteroatoms. The van der Waals surface area contributed by atoms with E-state index in [0.29, 0.717) is 13.0 Å². The fraction of sp³-hybridized carbons (Fsp3) is 0.750. The molecule has 0 spiro atoms. The normalized spacial score (nSPS) is 20.8. The van der Waals surface area contributed by atoms with Crippen LogP contribution in [0.4, 0.5) is 5.82 Å². The molecule has 3 rings (SSSR count). The Labute approximate surface area is 157 Å². The first kappa shape index (κ1) is 19.1. The third-order valence-electron chi connectivity index (χ3n) is 6.02. The van der Waals surface area contributed by atoms with E-state index < -0.39 is 0 Å². The lowest BCUT2D eigenvalue weighted by molar-refractivity contribution is -0.124. The zero-order valence-corrected chi connectivity index (χ0v) is 16.3. The van der Waals surface area contributed by atoms with Gasteiger partial charge >= 0.3 is 0 Å². The average molecular weight is 360 g/mol. The molecule has 0 unspecified atom stereocenters. The first-order chi connectivity index (χ1) is 12.5. The molecule has 1 aromatic heterocycles. The van der Waals surface area contributed by atoms with Crippen molar-refractivity contribution in [1.29, 1.82) is 0 Å². The topological polar surface area (TPSA) is 84.1 Å². The number of aromatic nitrogens is 2. The number of nitrogens with one attached hydrogen (secondary N) is 1. The zero-order valence-electron chi connectivity index (χ0n) is 16.3. The second-order valence-corrected chi connectivity index (χ2v) is 8.19. The van der Waals surface area contributed by atoms with Gasteiger partial charge in [-0.2, -0.15) is 0 Å². The molecular weight excluding hydrogens is 326 g/mol. The van der Waals surface area contributed by atoms with E-state index in [1.54, 1.807) is 0 Å². The van der Waals surface area contributed by atoms with Gasteiger partial charge in [-0.15, -0.1) is 0 Å². The smallest absolute Gasteiger partial charge is 0.220 e. The van der Waals surface area contributed by atoms with Gasteiger partial charge in [0, 0.05) is 37.3 Å². The van der Waals surface area contributed by atoms with Crippen molar-refractivity contribution < 1.29 is 4.79 Å². The summed E-state index contributed by atoms with van der Waals surface area (Å²) in [6.45, 7) is 6.41. The van der Waals surface area contributed by atoms with Crippen LogP contribution in [-0.4, -0.2) is 41.6 Å². The van der Waals surface area contributed by atoms with Crippen molar-refractivity contribution >= 4 is 11.7 Å². The van der Waals surface area contributed by atoms with Crippen LogP contribution in [0.3, 0.4) is 0 Å². The van der Waals surface area contributed by atoms with E-state index in [0.717, 1.165) is 56.1 Å². The highest BCUT2D eigenvalue weighted by molar-refractivity contribution is 5.77. The number of nitrogens with zero attached hydrogens (tertiary/aromatic N) is 3. The molecule has 1 aromatic rings. The highest BCUT2D eigenvalue weighted by Crippen LogP contribution is 2.38. The monoisotopic (exact) mass is 359 g/mol. The van der Waals surface area contributed by atoms with Gasteiger partial charge in [0.15, 0.2) is 0 Å². The second-order valence-electron chi connectivity index (χ2n) is 8.19. The molecule has 0 aromatic carbocycles. The Morgan fingerprint density at radius 1 is 1.23 bits per heavy atom. The van der Waals surface area contributed by atoms with E-state index in [1.807, 2.05) is 19.9 Å². The average Bonchev–Trinajstić information content (AvgIpc) is 2.62. The lowest BCUT2D eigenvalue weighted by atomic mass is 9.71. The quantitative estimate of drug-likeness (QED) is 0.844. The van der Waals surface area contributed by atoms with Gasteiger partial charge in [-0.1, -0.05) is 19.3 Å². The maximum Gasteiger partial charge on any atom is 0.220 e. The number of carbonyl (C=O) groups is 1. The van der Waals surface area contributed by atoms with E-state index in [1.165, 1.54) is 19.3 Å². The molecule has 1 aliphatic heterocycles. The van der Waals surface area contributed by atoms with Gasteiger partial charge in [0.05, 0.1) is 0 Å². The number of piperidine rings is 1. The Balaban J connectivity index is 1.49. The van der Waals surface area contributed by atoms with Crippen LogP contribution in [0.1, 0.15) is 62.9 Å². The van der Waals surface area contributed by atoms with Crippen LogP contribution in [0, 0.1) is 19.3 Å². The summed E-state index contributed by atoms with van der Waals surface area (Å²) < 4.78 is 0. The molecule has 0 atom stereocenters. The first-order valence-electron chi connectivity index (χ1n) is 10.1. The Kier molecular flexibility index (Phi) is 6.12. The number of rotatable bonds is 5. The summed E-state index contributed by atoms with van der Waals surface area (Å²) in [6, 6.07) is 2.31. The van der Waals surface area contributed by atoms with E-state index in [2.05, 4.69) is 20.2 Å². The Morgan fingerprint density at radius 3 is 2.54 bits per heavy atom. The van der Waals surface area contributed by atoms with Crippen LogP contribution in [0.2, 0.25) is 0 Å². The summed E-state index contributed by atoms with van der Waals surface area (Å²) in [7, 11) is 0. The van der Waals surface area contributed by atoms with Crippen LogP contribution in [0.15, 0.2) is 6.07 Å². The van der Waals surface area contributed by atoms with Gasteiger partial charge in [-0.3, -0.25) is 4.79 Å². The van der Waals surface area contributed by atoms with E-state index in [4.69, 9.17) is 5.73 Å². The molecule has 0 bridgehead atoms. The fourth-order valence-electron chi connectivity index (χ4n) is 4.49. The Bertz CT molecular complexity index is 598. The van der Waals surface area contributed by atoms with Crippen molar-refractivity contribution in [2.24, 2.45) is 11.1 Å². The summed E-state index contributed by atoms with van der Waals surface area (Å²) >= 11 is 0. The highest BCUT2D eigenvalue weighted by Gasteiger charge is 2.33. The molecule has 2 heterocycles. The predicted octanol–water partition coefficient (Wildman–Crippen LogP) is 2.48. The van der Waals surface area contributed by atoms with Gasteiger partial charge in [-0.05, 0) is 51.5 Å². The van der Waals surface area contributed by atoms with Crippen LogP contribution < -0.4 is 16.0 Å². The van der Waals surface area contributed by atoms with Crippen molar-refractivity contribution in [1.82, 2.24) is 15.3 Å². The third kappa shape index (κ3) is 4.72. The Morgan fingerprint density at radius 2 is 1.92 bits per heavy atom. The molecule has 6 nitrogen and oxygen atoms in total. The lowest BCUT2D eigenvalue weighted by Crippen LogP contribution is -2.47. The second kappa shape index (κ2) is 8.33. The molecule has 1 saturated carbocycles. The molecule has 3 N–H and O–H groups in total. The van der Waals surface area contributed by atoms with E-state index >= 15 is 0 Å². The summed E-state index contributed by atoms with van der Waals surface area (Å²) in [5.41, 5.74) is 7.07. The molecule has 1 saturated heterocycles. The van der Waals surface area contributed by atoms with Crippen molar-refractivity contribution in [2.45, 2.75) is 71.3 Å². The summed E-state index contributed by atoms with van der Waals surface area (Å²) in [5.74, 6) is 2.00. The van der Waals surface area contributed by atoms with Crippen LogP contribution >= 0.6 is 0 Å². The molecule has 1 amide bonds. The minimum Gasteiger partial charge on any atom is -0.356 e. The summed E-state index contributed by atoms with van der Waals surface area (Å²) in [5, 5.41) is 3.27. The van der Waals surface area contributed by atoms with Crippen molar-refractivity contribution in [3.8, 4) is 0 Å².